The molecule has 1 aliphatic carbocycles. The summed E-state index contributed by atoms with van der Waals surface area (Å²) in [6.45, 7) is 10.2. The van der Waals surface area contributed by atoms with E-state index in [1.165, 1.54) is 5.69 Å². The summed E-state index contributed by atoms with van der Waals surface area (Å²) in [6, 6.07) is 8.59. The SMILES string of the molecule is CCCCOC1=CC(=Nc2ccc(N(CC)C(C)C)cc2)C(N)=CC1=N. The van der Waals surface area contributed by atoms with Gasteiger partial charge in [0.2, 0.25) is 0 Å². The van der Waals surface area contributed by atoms with Gasteiger partial charge in [0.25, 0.3) is 0 Å². The Labute approximate surface area is 156 Å². The minimum absolute atomic E-state index is 0.295. The van der Waals surface area contributed by atoms with E-state index in [0.29, 0.717) is 35.5 Å². The molecule has 1 aromatic carbocycles. The van der Waals surface area contributed by atoms with E-state index in [1.807, 2.05) is 12.1 Å². The fraction of sp³-hybridized carbons (Fsp3) is 0.429. The Kier molecular flexibility index (Phi) is 7.01. The lowest BCUT2D eigenvalue weighted by atomic mass is 10.1. The average Bonchev–Trinajstić information content (AvgIpc) is 2.60. The first-order valence-corrected chi connectivity index (χ1v) is 9.32. The van der Waals surface area contributed by atoms with Crippen LogP contribution in [0.5, 0.6) is 0 Å². The van der Waals surface area contributed by atoms with Crippen LogP contribution >= 0.6 is 0 Å². The van der Waals surface area contributed by atoms with E-state index in [0.717, 1.165) is 25.1 Å². The standard InChI is InChI=1S/C21H30N4O/c1-5-7-12-26-21-14-20(18(22)13-19(21)23)24-16-8-10-17(11-9-16)25(6-2)15(3)4/h8-11,13-15,23H,5-7,12,22H2,1-4H3. The van der Waals surface area contributed by atoms with Gasteiger partial charge < -0.3 is 15.4 Å². The molecule has 0 bridgehead atoms. The molecule has 26 heavy (non-hydrogen) atoms. The number of benzene rings is 1. The Morgan fingerprint density at radius 1 is 1.15 bits per heavy atom. The Morgan fingerprint density at radius 2 is 1.85 bits per heavy atom. The zero-order valence-corrected chi connectivity index (χ0v) is 16.2. The lowest BCUT2D eigenvalue weighted by molar-refractivity contribution is 0.226. The minimum Gasteiger partial charge on any atom is -0.491 e. The van der Waals surface area contributed by atoms with Gasteiger partial charge in [-0.05, 0) is 57.5 Å². The number of nitrogens with two attached hydrogens (primary N) is 1. The first-order chi connectivity index (χ1) is 12.5. The van der Waals surface area contributed by atoms with Gasteiger partial charge in [0, 0.05) is 24.4 Å². The van der Waals surface area contributed by atoms with Crippen LogP contribution < -0.4 is 10.6 Å². The van der Waals surface area contributed by atoms with Crippen LogP contribution in [0.25, 0.3) is 0 Å². The molecule has 5 nitrogen and oxygen atoms in total. The molecule has 140 valence electrons. The van der Waals surface area contributed by atoms with E-state index in [2.05, 4.69) is 49.7 Å². The van der Waals surface area contributed by atoms with Gasteiger partial charge in [0.05, 0.1) is 29.4 Å². The van der Waals surface area contributed by atoms with Crippen molar-refractivity contribution in [3.05, 3.63) is 47.9 Å². The minimum atomic E-state index is 0.295. The number of unbranched alkanes of at least 4 members (excludes halogenated alkanes) is 1. The molecule has 5 heteroatoms. The number of ether oxygens (including phenoxy) is 1. The van der Waals surface area contributed by atoms with E-state index in [9.17, 15) is 0 Å². The number of nitrogens with one attached hydrogen (secondary N) is 1. The molecule has 0 aliphatic heterocycles. The molecule has 2 rings (SSSR count). The molecule has 0 fully saturated rings. The maximum atomic E-state index is 8.01. The van der Waals surface area contributed by atoms with Crippen molar-refractivity contribution in [3.63, 3.8) is 0 Å². The normalized spacial score (nSPS) is 15.9. The highest BCUT2D eigenvalue weighted by molar-refractivity contribution is 6.22. The first kappa shape index (κ1) is 19.8. The lowest BCUT2D eigenvalue weighted by Gasteiger charge is -2.27. The number of hydrogen-bond acceptors (Lipinski definition) is 5. The molecule has 0 aromatic heterocycles. The summed E-state index contributed by atoms with van der Waals surface area (Å²) in [5.41, 5.74) is 9.48. The summed E-state index contributed by atoms with van der Waals surface area (Å²) in [7, 11) is 0. The van der Waals surface area contributed by atoms with Gasteiger partial charge >= 0.3 is 0 Å². The van der Waals surface area contributed by atoms with E-state index >= 15 is 0 Å². The summed E-state index contributed by atoms with van der Waals surface area (Å²) >= 11 is 0. The Bertz CT molecular complexity index is 714. The molecule has 0 amide bonds. The van der Waals surface area contributed by atoms with E-state index in [1.54, 1.807) is 12.2 Å². The second-order valence-electron chi connectivity index (χ2n) is 6.62. The Hall–Kier alpha value is -2.56. The van der Waals surface area contributed by atoms with Crippen LogP contribution in [0.15, 0.2) is 52.9 Å². The summed E-state index contributed by atoms with van der Waals surface area (Å²) < 4.78 is 5.69. The van der Waals surface area contributed by atoms with Crippen molar-refractivity contribution >= 4 is 22.8 Å². The van der Waals surface area contributed by atoms with Crippen LogP contribution in [0.3, 0.4) is 0 Å². The molecule has 0 spiro atoms. The third kappa shape index (κ3) is 4.97. The van der Waals surface area contributed by atoms with Crippen molar-refractivity contribution < 1.29 is 4.74 Å². The first-order valence-electron chi connectivity index (χ1n) is 9.32. The fourth-order valence-electron chi connectivity index (χ4n) is 2.83. The Balaban J connectivity index is 2.21. The Morgan fingerprint density at radius 3 is 2.42 bits per heavy atom. The largest absolute Gasteiger partial charge is 0.491 e. The van der Waals surface area contributed by atoms with Crippen LogP contribution in [0.1, 0.15) is 40.5 Å². The molecule has 0 saturated carbocycles. The van der Waals surface area contributed by atoms with E-state index < -0.39 is 0 Å². The smallest absolute Gasteiger partial charge is 0.146 e. The van der Waals surface area contributed by atoms with Crippen LogP contribution in [0.4, 0.5) is 11.4 Å². The third-order valence-corrected chi connectivity index (χ3v) is 4.28. The van der Waals surface area contributed by atoms with Crippen LogP contribution in [0, 0.1) is 5.41 Å². The van der Waals surface area contributed by atoms with Gasteiger partial charge in [-0.3, -0.25) is 5.41 Å². The van der Waals surface area contributed by atoms with Gasteiger partial charge in [-0.1, -0.05) is 13.3 Å². The van der Waals surface area contributed by atoms with Gasteiger partial charge in [-0.25, -0.2) is 4.99 Å². The maximum absolute atomic E-state index is 8.01. The molecule has 0 radical (unpaired) electrons. The van der Waals surface area contributed by atoms with Crippen LogP contribution in [0.2, 0.25) is 0 Å². The van der Waals surface area contributed by atoms with Gasteiger partial charge in [0.15, 0.2) is 0 Å². The molecular weight excluding hydrogens is 324 g/mol. The van der Waals surface area contributed by atoms with Crippen LogP contribution in [-0.4, -0.2) is 30.6 Å². The van der Waals surface area contributed by atoms with E-state index in [-0.39, 0.29) is 0 Å². The molecule has 0 saturated heterocycles. The summed E-state index contributed by atoms with van der Waals surface area (Å²) in [5, 5.41) is 8.01. The second-order valence-corrected chi connectivity index (χ2v) is 6.62. The summed E-state index contributed by atoms with van der Waals surface area (Å²) in [5.74, 6) is 0.528. The molecule has 0 unspecified atom stereocenters. The molecule has 0 heterocycles. The quantitative estimate of drug-likeness (QED) is 0.530. The molecule has 3 N–H and O–H groups in total. The van der Waals surface area contributed by atoms with Crippen LogP contribution in [-0.2, 0) is 4.74 Å². The van der Waals surface area contributed by atoms with Crippen molar-refractivity contribution in [2.45, 2.75) is 46.6 Å². The monoisotopic (exact) mass is 354 g/mol. The van der Waals surface area contributed by atoms with Crippen molar-refractivity contribution in [1.82, 2.24) is 0 Å². The maximum Gasteiger partial charge on any atom is 0.146 e. The fourth-order valence-corrected chi connectivity index (χ4v) is 2.83. The molecular formula is C21H30N4O. The predicted molar refractivity (Wildman–Crippen MR) is 111 cm³/mol. The summed E-state index contributed by atoms with van der Waals surface area (Å²) in [6.07, 6.45) is 5.37. The number of anilines is 1. The number of hydrogen-bond donors (Lipinski definition) is 2. The number of aliphatic imine (C=N–C) groups is 1. The van der Waals surface area contributed by atoms with Crippen molar-refractivity contribution in [2.24, 2.45) is 10.7 Å². The highest BCUT2D eigenvalue weighted by Crippen LogP contribution is 2.23. The zero-order valence-electron chi connectivity index (χ0n) is 16.2. The van der Waals surface area contributed by atoms with Gasteiger partial charge in [-0.15, -0.1) is 0 Å². The highest BCUT2D eigenvalue weighted by atomic mass is 16.5. The zero-order chi connectivity index (χ0) is 19.1. The molecule has 1 aliphatic rings. The predicted octanol–water partition coefficient (Wildman–Crippen LogP) is 4.57. The number of rotatable bonds is 8. The van der Waals surface area contributed by atoms with Crippen molar-refractivity contribution in [3.8, 4) is 0 Å². The summed E-state index contributed by atoms with van der Waals surface area (Å²) in [4.78, 5) is 6.96. The molecule has 0 atom stereocenters. The third-order valence-electron chi connectivity index (χ3n) is 4.28. The van der Waals surface area contributed by atoms with Crippen molar-refractivity contribution in [1.29, 1.82) is 5.41 Å². The van der Waals surface area contributed by atoms with Gasteiger partial charge in [0.1, 0.15) is 5.76 Å². The number of allylic oxidation sites excluding steroid dienone is 2. The highest BCUT2D eigenvalue weighted by Gasteiger charge is 2.16. The molecule has 1 aromatic rings. The lowest BCUT2D eigenvalue weighted by Crippen LogP contribution is -2.30. The second kappa shape index (κ2) is 9.22. The van der Waals surface area contributed by atoms with Crippen molar-refractivity contribution in [2.75, 3.05) is 18.1 Å². The topological polar surface area (TPSA) is 74.7 Å². The average molecular weight is 354 g/mol. The van der Waals surface area contributed by atoms with E-state index in [4.69, 9.17) is 15.9 Å². The van der Waals surface area contributed by atoms with Gasteiger partial charge in [-0.2, -0.15) is 0 Å². The number of nitrogens with zero attached hydrogens (tertiary/aromatic N) is 2.